The van der Waals surface area contributed by atoms with Gasteiger partial charge in [0.15, 0.2) is 0 Å². The highest BCUT2D eigenvalue weighted by atomic mass is 35.5. The lowest BCUT2D eigenvalue weighted by molar-refractivity contribution is 0.0952. The lowest BCUT2D eigenvalue weighted by Gasteiger charge is -2.07. The van der Waals surface area contributed by atoms with Gasteiger partial charge in [0.1, 0.15) is 0 Å². The predicted molar refractivity (Wildman–Crippen MR) is 107 cm³/mol. The van der Waals surface area contributed by atoms with Crippen molar-refractivity contribution in [2.24, 2.45) is 0 Å². The van der Waals surface area contributed by atoms with E-state index in [-0.39, 0.29) is 23.9 Å². The first-order valence-corrected chi connectivity index (χ1v) is 8.56. The maximum Gasteiger partial charge on any atom is 0.271 e. The van der Waals surface area contributed by atoms with Crippen LogP contribution in [0, 0.1) is 0 Å². The van der Waals surface area contributed by atoms with Crippen molar-refractivity contribution in [2.45, 2.75) is 19.3 Å². The smallest absolute Gasteiger partial charge is 0.271 e. The minimum atomic E-state index is -0.149. The van der Waals surface area contributed by atoms with E-state index in [4.69, 9.17) is 0 Å². The molecule has 0 bridgehead atoms. The van der Waals surface area contributed by atoms with Crippen molar-refractivity contribution in [2.75, 3.05) is 6.54 Å². The van der Waals surface area contributed by atoms with Crippen LogP contribution in [0.1, 0.15) is 28.8 Å². The second kappa shape index (κ2) is 10.2. The number of unbranched alkanes of at least 4 members (excludes halogenated alkanes) is 1. The van der Waals surface area contributed by atoms with Crippen molar-refractivity contribution >= 4 is 18.3 Å². The van der Waals surface area contributed by atoms with Gasteiger partial charge >= 0.3 is 0 Å². The zero-order valence-corrected chi connectivity index (χ0v) is 15.6. The van der Waals surface area contributed by atoms with Crippen LogP contribution < -0.4 is 10.9 Å². The molecule has 0 aliphatic rings. The largest absolute Gasteiger partial charge is 0.352 e. The van der Waals surface area contributed by atoms with E-state index in [1.165, 1.54) is 16.3 Å². The molecule has 0 spiro atoms. The van der Waals surface area contributed by atoms with E-state index >= 15 is 0 Å². The molecule has 2 aromatic heterocycles. The average molecular weight is 385 g/mol. The van der Waals surface area contributed by atoms with Crippen LogP contribution in [-0.2, 0) is 6.42 Å². The summed E-state index contributed by atoms with van der Waals surface area (Å²) >= 11 is 0. The van der Waals surface area contributed by atoms with Crippen LogP contribution in [0.15, 0.2) is 71.9 Å². The lowest BCUT2D eigenvalue weighted by Crippen LogP contribution is -2.24. The third kappa shape index (κ3) is 5.76. The molecule has 0 atom stereocenters. The maximum atomic E-state index is 11.9. The molecule has 140 valence electrons. The van der Waals surface area contributed by atoms with Crippen LogP contribution in [0.4, 0.5) is 0 Å². The number of carbonyl (C=O) groups is 1. The van der Waals surface area contributed by atoms with Crippen molar-refractivity contribution in [3.05, 3.63) is 88.6 Å². The highest BCUT2D eigenvalue weighted by Gasteiger charge is 2.04. The number of halogens is 1. The third-order valence-corrected chi connectivity index (χ3v) is 4.00. The molecule has 0 aliphatic heterocycles. The van der Waals surface area contributed by atoms with E-state index in [2.05, 4.69) is 15.4 Å². The molecule has 0 unspecified atom stereocenters. The van der Waals surface area contributed by atoms with Crippen LogP contribution in [0.5, 0.6) is 0 Å². The van der Waals surface area contributed by atoms with Crippen LogP contribution in [0.3, 0.4) is 0 Å². The summed E-state index contributed by atoms with van der Waals surface area (Å²) < 4.78 is 1.37. The zero-order chi connectivity index (χ0) is 18.2. The van der Waals surface area contributed by atoms with E-state index in [1.807, 2.05) is 24.3 Å². The van der Waals surface area contributed by atoms with Gasteiger partial charge in [-0.3, -0.25) is 14.6 Å². The molecule has 0 radical (unpaired) electrons. The summed E-state index contributed by atoms with van der Waals surface area (Å²) in [5, 5.41) is 6.96. The van der Waals surface area contributed by atoms with Crippen molar-refractivity contribution in [3.8, 4) is 5.69 Å². The standard InChI is InChI=1S/C20H20N4O2.ClH/c25-19-7-4-14-23-24(19)18-10-8-16(9-11-18)5-1-2-13-22-20(26)17-6-3-12-21-15-17;/h3-4,6-12,14-15H,1-2,5,13H2,(H,22,26);1H. The number of amides is 1. The second-order valence-electron chi connectivity index (χ2n) is 5.89. The fourth-order valence-corrected chi connectivity index (χ4v) is 2.61. The molecule has 0 saturated heterocycles. The Labute approximate surface area is 163 Å². The number of nitrogens with zero attached hydrogens (tertiary/aromatic N) is 3. The number of carbonyl (C=O) groups excluding carboxylic acids is 1. The monoisotopic (exact) mass is 384 g/mol. The van der Waals surface area contributed by atoms with E-state index in [1.54, 1.807) is 36.8 Å². The van der Waals surface area contributed by atoms with Crippen molar-refractivity contribution in [1.29, 1.82) is 0 Å². The van der Waals surface area contributed by atoms with Gasteiger partial charge in [-0.15, -0.1) is 12.4 Å². The molecule has 0 fully saturated rings. The molecule has 27 heavy (non-hydrogen) atoms. The van der Waals surface area contributed by atoms with Crippen molar-refractivity contribution in [3.63, 3.8) is 0 Å². The minimum Gasteiger partial charge on any atom is -0.352 e. The van der Waals surface area contributed by atoms with Gasteiger partial charge in [0, 0.05) is 31.2 Å². The molecular weight excluding hydrogens is 364 g/mol. The van der Waals surface area contributed by atoms with Gasteiger partial charge in [-0.25, -0.2) is 0 Å². The maximum absolute atomic E-state index is 11.9. The Morgan fingerprint density at radius 2 is 1.78 bits per heavy atom. The van der Waals surface area contributed by atoms with Gasteiger partial charge in [-0.1, -0.05) is 12.1 Å². The number of aromatic nitrogens is 3. The Bertz CT molecular complexity index is 911. The van der Waals surface area contributed by atoms with E-state index in [0.717, 1.165) is 24.9 Å². The van der Waals surface area contributed by atoms with E-state index in [9.17, 15) is 9.59 Å². The minimum absolute atomic E-state index is 0. The van der Waals surface area contributed by atoms with Gasteiger partial charge in [0.05, 0.1) is 11.3 Å². The van der Waals surface area contributed by atoms with Gasteiger partial charge < -0.3 is 5.32 Å². The quantitative estimate of drug-likeness (QED) is 0.635. The van der Waals surface area contributed by atoms with Crippen molar-refractivity contribution in [1.82, 2.24) is 20.1 Å². The molecule has 1 aromatic carbocycles. The number of aryl methyl sites for hydroxylation is 1. The van der Waals surface area contributed by atoms with Crippen LogP contribution in [0.25, 0.3) is 5.69 Å². The molecular formula is C20H21ClN4O2. The summed E-state index contributed by atoms with van der Waals surface area (Å²) in [6, 6.07) is 14.4. The van der Waals surface area contributed by atoms with Gasteiger partial charge in [-0.2, -0.15) is 9.78 Å². The highest BCUT2D eigenvalue weighted by molar-refractivity contribution is 5.93. The molecule has 1 amide bonds. The van der Waals surface area contributed by atoms with Crippen LogP contribution in [0.2, 0.25) is 0 Å². The van der Waals surface area contributed by atoms with Crippen LogP contribution >= 0.6 is 12.4 Å². The summed E-state index contributed by atoms with van der Waals surface area (Å²) in [5.41, 5.74) is 2.37. The zero-order valence-electron chi connectivity index (χ0n) is 14.7. The number of nitrogens with one attached hydrogen (secondary N) is 1. The summed E-state index contributed by atoms with van der Waals surface area (Å²) in [7, 11) is 0. The first-order valence-electron chi connectivity index (χ1n) is 8.56. The Balaban J connectivity index is 0.00000261. The third-order valence-electron chi connectivity index (χ3n) is 4.00. The first kappa shape index (κ1) is 20.3. The molecule has 3 rings (SSSR count). The molecule has 0 saturated carbocycles. The molecule has 0 aliphatic carbocycles. The number of pyridine rings is 1. The van der Waals surface area contributed by atoms with Gasteiger partial charge in [-0.05, 0) is 55.2 Å². The lowest BCUT2D eigenvalue weighted by atomic mass is 10.1. The van der Waals surface area contributed by atoms with Gasteiger partial charge in [0.2, 0.25) is 0 Å². The molecule has 7 heteroatoms. The number of hydrogen-bond acceptors (Lipinski definition) is 4. The Hall–Kier alpha value is -2.99. The number of benzene rings is 1. The summed E-state index contributed by atoms with van der Waals surface area (Å²) in [4.78, 5) is 27.6. The fourth-order valence-electron chi connectivity index (χ4n) is 2.61. The van der Waals surface area contributed by atoms with Gasteiger partial charge in [0.25, 0.3) is 11.5 Å². The summed E-state index contributed by atoms with van der Waals surface area (Å²) in [6.07, 6.45) is 7.58. The number of hydrogen-bond donors (Lipinski definition) is 1. The highest BCUT2D eigenvalue weighted by Crippen LogP contribution is 2.09. The normalized spacial score (nSPS) is 10.1. The molecule has 2 heterocycles. The fraction of sp³-hybridized carbons (Fsp3) is 0.200. The predicted octanol–water partition coefficient (Wildman–Crippen LogP) is 2.80. The first-order chi connectivity index (χ1) is 12.7. The van der Waals surface area contributed by atoms with E-state index < -0.39 is 0 Å². The molecule has 1 N–H and O–H groups in total. The van der Waals surface area contributed by atoms with Crippen molar-refractivity contribution < 1.29 is 4.79 Å². The molecule has 6 nitrogen and oxygen atoms in total. The SMILES string of the molecule is Cl.O=C(NCCCCc1ccc(-n2ncccc2=O)cc1)c1cccnc1. The summed E-state index contributed by atoms with van der Waals surface area (Å²) in [6.45, 7) is 0.634. The Morgan fingerprint density at radius 1 is 1.00 bits per heavy atom. The van der Waals surface area contributed by atoms with E-state index in [0.29, 0.717) is 12.1 Å². The molecule has 3 aromatic rings. The second-order valence-corrected chi connectivity index (χ2v) is 5.89. The van der Waals surface area contributed by atoms with Crippen LogP contribution in [-0.4, -0.2) is 27.2 Å². The Morgan fingerprint density at radius 3 is 2.48 bits per heavy atom. The average Bonchev–Trinajstić information content (AvgIpc) is 2.69. The summed E-state index contributed by atoms with van der Waals surface area (Å²) in [5.74, 6) is -0.0942. The Kier molecular flexibility index (Phi) is 7.70. The number of rotatable bonds is 7. The topological polar surface area (TPSA) is 76.9 Å².